The van der Waals surface area contributed by atoms with E-state index in [1.807, 2.05) is 32.9 Å². The first kappa shape index (κ1) is 36.2. The molecule has 1 amide bonds. The standard InChI is InChI=1S/C22H25NO.C7H7F.C2H6.ClH.H3N.H2O.2H2/c1-3-17-10-12-19(13-11-17)22(4-2)14-15-23-21(24)16-20(22)18-8-6-5-7-9-18;1-6-2-4-7(8)5-3-6;1-2;;;;;/h3,5-13,20H,1,4,14-16H2,2H3,(H,23,24);2-5H,1H3;1-2H3;1H;1H3;1H2;2*1H/t20-,22+;;;;;;;/m0......./s1. The predicted molar refractivity (Wildman–Crippen MR) is 163 cm³/mol. The van der Waals surface area contributed by atoms with Crippen molar-refractivity contribution in [3.05, 3.63) is 114 Å². The van der Waals surface area contributed by atoms with Crippen molar-refractivity contribution < 1.29 is 17.5 Å². The van der Waals surface area contributed by atoms with Gasteiger partial charge in [0.25, 0.3) is 0 Å². The van der Waals surface area contributed by atoms with Crippen LogP contribution in [0.15, 0.2) is 85.4 Å². The fourth-order valence-corrected chi connectivity index (χ4v) is 4.63. The second-order valence-corrected chi connectivity index (χ2v) is 8.40. The van der Waals surface area contributed by atoms with Crippen molar-refractivity contribution in [2.75, 3.05) is 6.54 Å². The molecule has 1 saturated heterocycles. The molecule has 6 N–H and O–H groups in total. The third-order valence-electron chi connectivity index (χ3n) is 6.51. The maximum Gasteiger partial charge on any atom is 0.220 e. The van der Waals surface area contributed by atoms with Gasteiger partial charge in [0, 0.05) is 27.2 Å². The van der Waals surface area contributed by atoms with E-state index in [9.17, 15) is 9.18 Å². The summed E-state index contributed by atoms with van der Waals surface area (Å²) in [6, 6.07) is 25.6. The fraction of sp³-hybridized carbons (Fsp3) is 0.323. The molecule has 6 heteroatoms. The molecule has 2 atom stereocenters. The summed E-state index contributed by atoms with van der Waals surface area (Å²) in [6.45, 7) is 12.8. The first-order valence-corrected chi connectivity index (χ1v) is 12.3. The Morgan fingerprint density at radius 1 is 1.03 bits per heavy atom. The van der Waals surface area contributed by atoms with Crippen molar-refractivity contribution in [2.45, 2.75) is 58.3 Å². The van der Waals surface area contributed by atoms with Gasteiger partial charge in [-0.2, -0.15) is 0 Å². The number of amides is 1. The minimum Gasteiger partial charge on any atom is -0.412 e. The quantitative estimate of drug-likeness (QED) is 0.353. The van der Waals surface area contributed by atoms with Gasteiger partial charge in [0.05, 0.1) is 0 Å². The number of nitrogens with one attached hydrogen (secondary N) is 1. The number of benzene rings is 3. The van der Waals surface area contributed by atoms with Crippen LogP contribution in [0.25, 0.3) is 6.08 Å². The van der Waals surface area contributed by atoms with Crippen molar-refractivity contribution in [1.29, 1.82) is 0 Å². The van der Waals surface area contributed by atoms with Crippen LogP contribution in [0.5, 0.6) is 0 Å². The Hall–Kier alpha value is -2.99. The zero-order valence-corrected chi connectivity index (χ0v) is 23.4. The van der Waals surface area contributed by atoms with Gasteiger partial charge >= 0.3 is 0 Å². The largest absolute Gasteiger partial charge is 0.412 e. The molecule has 208 valence electrons. The molecule has 0 radical (unpaired) electrons. The minimum absolute atomic E-state index is 0. The SMILES string of the molecule is C=Cc1ccc([C@@]2(CC)CCNC(=O)C[C@H]2c2ccccc2)cc1.CC.Cc1ccc(F)cc1.Cl.N.O.[HH].[HH]. The Kier molecular flexibility index (Phi) is 17.9. The lowest BCUT2D eigenvalue weighted by atomic mass is 9.63. The lowest BCUT2D eigenvalue weighted by molar-refractivity contribution is -0.121. The number of rotatable bonds is 4. The molecule has 0 aromatic heterocycles. The van der Waals surface area contributed by atoms with E-state index in [1.54, 1.807) is 12.1 Å². The summed E-state index contributed by atoms with van der Waals surface area (Å²) >= 11 is 0. The monoisotopic (exact) mass is 534 g/mol. The predicted octanol–water partition coefficient (Wildman–Crippen LogP) is 8.08. The number of hydrogen-bond acceptors (Lipinski definition) is 2. The summed E-state index contributed by atoms with van der Waals surface area (Å²) in [6.07, 6.45) is 4.38. The van der Waals surface area contributed by atoms with Gasteiger partial charge < -0.3 is 16.9 Å². The molecule has 0 spiro atoms. The maximum absolute atomic E-state index is 12.3. The minimum atomic E-state index is -0.171. The van der Waals surface area contributed by atoms with Gasteiger partial charge in [0.1, 0.15) is 5.82 Å². The summed E-state index contributed by atoms with van der Waals surface area (Å²) in [5, 5.41) is 3.07. The zero-order valence-electron chi connectivity index (χ0n) is 22.6. The van der Waals surface area contributed by atoms with Crippen LogP contribution in [-0.4, -0.2) is 17.9 Å². The van der Waals surface area contributed by atoms with Crippen LogP contribution < -0.4 is 11.5 Å². The van der Waals surface area contributed by atoms with Gasteiger partial charge in [-0.3, -0.25) is 4.79 Å². The van der Waals surface area contributed by atoms with E-state index >= 15 is 0 Å². The van der Waals surface area contributed by atoms with E-state index < -0.39 is 0 Å². The zero-order chi connectivity index (χ0) is 25.0. The summed E-state index contributed by atoms with van der Waals surface area (Å²) in [5.74, 6) is 0.179. The van der Waals surface area contributed by atoms with Crippen LogP contribution in [0.1, 0.15) is 71.1 Å². The average Bonchev–Trinajstić information content (AvgIpc) is 3.07. The number of carbonyl (C=O) groups excluding carboxylic acids is 1. The summed E-state index contributed by atoms with van der Waals surface area (Å²) in [5.41, 5.74) is 4.76. The summed E-state index contributed by atoms with van der Waals surface area (Å²) in [7, 11) is 0. The molecule has 4 nitrogen and oxygen atoms in total. The highest BCUT2D eigenvalue weighted by molar-refractivity contribution is 5.85. The summed E-state index contributed by atoms with van der Waals surface area (Å²) < 4.78 is 12.1. The molecule has 1 fully saturated rings. The highest BCUT2D eigenvalue weighted by Gasteiger charge is 2.42. The van der Waals surface area contributed by atoms with Crippen LogP contribution in [0.2, 0.25) is 0 Å². The van der Waals surface area contributed by atoms with Crippen LogP contribution in [-0.2, 0) is 10.2 Å². The van der Waals surface area contributed by atoms with Crippen molar-refractivity contribution in [2.24, 2.45) is 0 Å². The molecule has 4 rings (SSSR count). The van der Waals surface area contributed by atoms with Crippen LogP contribution in [0.4, 0.5) is 4.39 Å². The van der Waals surface area contributed by atoms with Gasteiger partial charge in [0.15, 0.2) is 0 Å². The van der Waals surface area contributed by atoms with Gasteiger partial charge in [-0.1, -0.05) is 106 Å². The average molecular weight is 535 g/mol. The van der Waals surface area contributed by atoms with Gasteiger partial charge in [-0.25, -0.2) is 4.39 Å². The Morgan fingerprint density at radius 3 is 2.08 bits per heavy atom. The second kappa shape index (κ2) is 18.3. The first-order chi connectivity index (χ1) is 16.5. The molecular formula is C31H48ClFN2O2. The Labute approximate surface area is 231 Å². The number of hydrogen-bond donors (Lipinski definition) is 2. The number of halogens is 2. The van der Waals surface area contributed by atoms with E-state index in [0.717, 1.165) is 30.5 Å². The molecule has 1 aliphatic rings. The molecule has 1 heterocycles. The molecule has 1 aliphatic heterocycles. The molecule has 3 aromatic carbocycles. The Bertz CT molecular complexity index is 1020. The Morgan fingerprint density at radius 2 is 1.59 bits per heavy atom. The van der Waals surface area contributed by atoms with E-state index in [0.29, 0.717) is 6.42 Å². The van der Waals surface area contributed by atoms with Gasteiger partial charge in [-0.05, 0) is 48.6 Å². The normalized spacial score (nSPS) is 17.8. The maximum atomic E-state index is 12.3. The summed E-state index contributed by atoms with van der Waals surface area (Å²) in [4.78, 5) is 12.3. The van der Waals surface area contributed by atoms with E-state index in [1.165, 1.54) is 23.3 Å². The molecule has 37 heavy (non-hydrogen) atoms. The third-order valence-corrected chi connectivity index (χ3v) is 6.51. The second-order valence-electron chi connectivity index (χ2n) is 8.40. The van der Waals surface area contributed by atoms with Crippen molar-refractivity contribution >= 4 is 24.4 Å². The molecule has 0 unspecified atom stereocenters. The Balaban J connectivity index is -0.000000353. The number of aryl methyl sites for hydroxylation is 1. The van der Waals surface area contributed by atoms with Gasteiger partial charge in [0.2, 0.25) is 5.91 Å². The molecule has 3 aromatic rings. The van der Waals surface area contributed by atoms with Crippen LogP contribution in [0.3, 0.4) is 0 Å². The topological polar surface area (TPSA) is 95.6 Å². The number of carbonyl (C=O) groups is 1. The van der Waals surface area contributed by atoms with Gasteiger partial charge in [-0.15, -0.1) is 12.4 Å². The third kappa shape index (κ3) is 9.77. The van der Waals surface area contributed by atoms with E-state index in [2.05, 4.69) is 67.4 Å². The molecule has 0 saturated carbocycles. The molecular weight excluding hydrogens is 487 g/mol. The molecule has 0 bridgehead atoms. The molecule has 0 aliphatic carbocycles. The highest BCUT2D eigenvalue weighted by atomic mass is 35.5. The van der Waals surface area contributed by atoms with Crippen molar-refractivity contribution in [1.82, 2.24) is 11.5 Å². The first-order valence-electron chi connectivity index (χ1n) is 12.3. The highest BCUT2D eigenvalue weighted by Crippen LogP contribution is 2.47. The van der Waals surface area contributed by atoms with Crippen LogP contribution in [0, 0.1) is 12.7 Å². The smallest absolute Gasteiger partial charge is 0.220 e. The lowest BCUT2D eigenvalue weighted by Crippen LogP contribution is -2.33. The van der Waals surface area contributed by atoms with Crippen LogP contribution >= 0.6 is 12.4 Å². The lowest BCUT2D eigenvalue weighted by Gasteiger charge is -2.40. The van der Waals surface area contributed by atoms with Crippen molar-refractivity contribution in [3.63, 3.8) is 0 Å². The fourth-order valence-electron chi connectivity index (χ4n) is 4.63. The van der Waals surface area contributed by atoms with E-state index in [-0.39, 0.29) is 49.9 Å². The van der Waals surface area contributed by atoms with Crippen molar-refractivity contribution in [3.8, 4) is 0 Å². The van der Waals surface area contributed by atoms with E-state index in [4.69, 9.17) is 0 Å².